The number of hydrogen-bond donors (Lipinski definition) is 0. The quantitative estimate of drug-likeness (QED) is 0.230. The molecule has 0 heterocycles. The van der Waals surface area contributed by atoms with Crippen molar-refractivity contribution >= 4 is 33.0 Å². The number of nitrogens with zero attached hydrogens (tertiary/aromatic N) is 1. The van der Waals surface area contributed by atoms with Crippen LogP contribution in [0.15, 0.2) is 126 Å². The first-order valence-electron chi connectivity index (χ1n) is 12.0. The van der Waals surface area contributed by atoms with Crippen LogP contribution in [0.5, 0.6) is 0 Å². The molecule has 0 amide bonds. The molecule has 0 saturated carbocycles. The maximum absolute atomic E-state index is 3.96. The number of anilines is 3. The van der Waals surface area contributed by atoms with Crippen LogP contribution < -0.4 is 4.90 Å². The summed E-state index contributed by atoms with van der Waals surface area (Å²) in [5.74, 6) is 0. The van der Waals surface area contributed by atoms with Crippen molar-refractivity contribution in [1.82, 2.24) is 0 Å². The molecule has 0 unspecified atom stereocenters. The lowest BCUT2D eigenvalue weighted by molar-refractivity contribution is 0.660. The Morgan fingerprint density at radius 3 is 1.94 bits per heavy atom. The molecule has 0 saturated heterocycles. The Kier molecular flexibility index (Phi) is 5.35. The molecule has 1 nitrogen and oxygen atoms in total. The number of fused-ring (bicyclic) bond motifs is 3. The first-order chi connectivity index (χ1) is 17.0. The second kappa shape index (κ2) is 8.55. The van der Waals surface area contributed by atoms with Gasteiger partial charge in [0.15, 0.2) is 0 Å². The lowest BCUT2D eigenvalue weighted by Crippen LogP contribution is -2.16. The summed E-state index contributed by atoms with van der Waals surface area (Å²) in [7, 11) is 0. The molecule has 170 valence electrons. The van der Waals surface area contributed by atoms with Crippen LogP contribution in [-0.2, 0) is 5.41 Å². The summed E-state index contributed by atoms with van der Waals surface area (Å²) in [4.78, 5) is 2.36. The molecule has 0 N–H and O–H groups in total. The van der Waals surface area contributed by atoms with Gasteiger partial charge in [0.25, 0.3) is 0 Å². The lowest BCUT2D eigenvalue weighted by Gasteiger charge is -2.29. The maximum atomic E-state index is 3.96. The third-order valence-corrected chi connectivity index (χ3v) is 7.73. The highest BCUT2D eigenvalue weighted by Crippen LogP contribution is 2.53. The topological polar surface area (TPSA) is 3.24 Å². The summed E-state index contributed by atoms with van der Waals surface area (Å²) in [5, 5.41) is 0. The minimum atomic E-state index is -0.0707. The van der Waals surface area contributed by atoms with E-state index in [1.54, 1.807) is 0 Å². The zero-order valence-corrected chi connectivity index (χ0v) is 21.5. The Morgan fingerprint density at radius 1 is 0.543 bits per heavy atom. The van der Waals surface area contributed by atoms with Gasteiger partial charge in [-0.25, -0.2) is 0 Å². The highest BCUT2D eigenvalue weighted by Gasteiger charge is 2.37. The highest BCUT2D eigenvalue weighted by atomic mass is 79.9. The third kappa shape index (κ3) is 3.69. The van der Waals surface area contributed by atoms with Gasteiger partial charge in [-0.1, -0.05) is 115 Å². The molecule has 0 bridgehead atoms. The van der Waals surface area contributed by atoms with E-state index >= 15 is 0 Å². The normalized spacial score (nSPS) is 13.2. The van der Waals surface area contributed by atoms with Crippen molar-refractivity contribution in [3.8, 4) is 22.3 Å². The summed E-state index contributed by atoms with van der Waals surface area (Å²) < 4.78 is 1.13. The van der Waals surface area contributed by atoms with Gasteiger partial charge in [-0.3, -0.25) is 0 Å². The largest absolute Gasteiger partial charge is 0.310 e. The van der Waals surface area contributed by atoms with Crippen LogP contribution in [0.2, 0.25) is 0 Å². The van der Waals surface area contributed by atoms with Crippen molar-refractivity contribution in [2.75, 3.05) is 4.90 Å². The number of para-hydroxylation sites is 1. The Morgan fingerprint density at radius 2 is 1.17 bits per heavy atom. The number of halogens is 1. The lowest BCUT2D eigenvalue weighted by atomic mass is 9.82. The van der Waals surface area contributed by atoms with E-state index in [9.17, 15) is 0 Å². The molecule has 5 aromatic carbocycles. The van der Waals surface area contributed by atoms with E-state index in [4.69, 9.17) is 0 Å². The SMILES string of the molecule is CC1(C)c2ccccc2-c2c(Br)cc(N(c3ccccc3)c3cccc(-c4ccccc4)c3)cc21. The van der Waals surface area contributed by atoms with Crippen molar-refractivity contribution in [3.05, 3.63) is 137 Å². The summed E-state index contributed by atoms with van der Waals surface area (Å²) in [5.41, 5.74) is 11.1. The fourth-order valence-electron chi connectivity index (χ4n) is 5.36. The van der Waals surface area contributed by atoms with Crippen LogP contribution >= 0.6 is 15.9 Å². The Bertz CT molecular complexity index is 1520. The summed E-state index contributed by atoms with van der Waals surface area (Å²) in [6.45, 7) is 4.66. The monoisotopic (exact) mass is 515 g/mol. The molecule has 0 spiro atoms. The number of hydrogen-bond acceptors (Lipinski definition) is 1. The average Bonchev–Trinajstić information content (AvgIpc) is 3.13. The molecule has 0 radical (unpaired) electrons. The van der Waals surface area contributed by atoms with Gasteiger partial charge in [0.2, 0.25) is 0 Å². The van der Waals surface area contributed by atoms with Gasteiger partial charge in [-0.05, 0) is 64.2 Å². The fraction of sp³-hybridized carbons (Fsp3) is 0.0909. The first kappa shape index (κ1) is 21.9. The molecule has 35 heavy (non-hydrogen) atoms. The van der Waals surface area contributed by atoms with Gasteiger partial charge in [-0.15, -0.1) is 0 Å². The zero-order valence-electron chi connectivity index (χ0n) is 19.9. The molecule has 2 heteroatoms. The van der Waals surface area contributed by atoms with Gasteiger partial charge in [0.1, 0.15) is 0 Å². The highest BCUT2D eigenvalue weighted by molar-refractivity contribution is 9.10. The molecule has 1 aliphatic carbocycles. The second-order valence-corrected chi connectivity index (χ2v) is 10.5. The fourth-order valence-corrected chi connectivity index (χ4v) is 6.02. The molecule has 0 fully saturated rings. The zero-order chi connectivity index (χ0) is 24.0. The minimum Gasteiger partial charge on any atom is -0.310 e. The molecule has 0 atom stereocenters. The van der Waals surface area contributed by atoms with E-state index in [1.807, 2.05) is 0 Å². The first-order valence-corrected chi connectivity index (χ1v) is 12.8. The van der Waals surface area contributed by atoms with Crippen LogP contribution in [0.1, 0.15) is 25.0 Å². The standard InChI is InChI=1S/C33H26BrN/c1-33(2)29-19-10-9-18-28(29)32-30(33)21-27(22-31(32)34)35(25-15-7-4-8-16-25)26-17-11-14-24(20-26)23-12-5-3-6-13-23/h3-22H,1-2H3. The summed E-state index contributed by atoms with van der Waals surface area (Å²) in [6, 6.07) is 43.4. The van der Waals surface area contributed by atoms with Crippen molar-refractivity contribution in [2.45, 2.75) is 19.3 Å². The van der Waals surface area contributed by atoms with Crippen molar-refractivity contribution in [2.24, 2.45) is 0 Å². The molecule has 0 aliphatic heterocycles. The minimum absolute atomic E-state index is 0.0707. The third-order valence-electron chi connectivity index (χ3n) is 7.10. The molecule has 5 aromatic rings. The number of benzene rings is 5. The van der Waals surface area contributed by atoms with E-state index in [0.29, 0.717) is 0 Å². The summed E-state index contributed by atoms with van der Waals surface area (Å²) >= 11 is 3.96. The van der Waals surface area contributed by atoms with Crippen molar-refractivity contribution in [1.29, 1.82) is 0 Å². The van der Waals surface area contributed by atoms with Gasteiger partial charge in [0, 0.05) is 32.5 Å². The van der Waals surface area contributed by atoms with Crippen molar-refractivity contribution in [3.63, 3.8) is 0 Å². The Hall–Kier alpha value is -3.62. The summed E-state index contributed by atoms with van der Waals surface area (Å²) in [6.07, 6.45) is 0. The van der Waals surface area contributed by atoms with E-state index in [2.05, 4.69) is 156 Å². The predicted molar refractivity (Wildman–Crippen MR) is 152 cm³/mol. The van der Waals surface area contributed by atoms with Crippen LogP contribution in [0.4, 0.5) is 17.1 Å². The van der Waals surface area contributed by atoms with Gasteiger partial charge >= 0.3 is 0 Å². The maximum Gasteiger partial charge on any atom is 0.0476 e. The second-order valence-electron chi connectivity index (χ2n) is 9.61. The average molecular weight is 516 g/mol. The van der Waals surface area contributed by atoms with E-state index in [0.717, 1.165) is 21.5 Å². The van der Waals surface area contributed by atoms with E-state index in [-0.39, 0.29) is 5.41 Å². The van der Waals surface area contributed by atoms with Crippen LogP contribution in [0, 0.1) is 0 Å². The molecular weight excluding hydrogens is 490 g/mol. The molecule has 6 rings (SSSR count). The van der Waals surface area contributed by atoms with E-state index in [1.165, 1.54) is 33.4 Å². The Labute approximate surface area is 215 Å². The Balaban J connectivity index is 1.55. The molecule has 1 aliphatic rings. The van der Waals surface area contributed by atoms with Crippen molar-refractivity contribution < 1.29 is 0 Å². The van der Waals surface area contributed by atoms with Gasteiger partial charge < -0.3 is 4.90 Å². The molecular formula is C33H26BrN. The van der Waals surface area contributed by atoms with Crippen LogP contribution in [0.3, 0.4) is 0 Å². The molecule has 0 aromatic heterocycles. The van der Waals surface area contributed by atoms with Gasteiger partial charge in [-0.2, -0.15) is 0 Å². The van der Waals surface area contributed by atoms with Gasteiger partial charge in [0.05, 0.1) is 0 Å². The smallest absolute Gasteiger partial charge is 0.0476 e. The predicted octanol–water partition coefficient (Wildman–Crippen LogP) is 9.89. The van der Waals surface area contributed by atoms with Crippen LogP contribution in [-0.4, -0.2) is 0 Å². The van der Waals surface area contributed by atoms with E-state index < -0.39 is 0 Å². The number of rotatable bonds is 4. The van der Waals surface area contributed by atoms with Crippen LogP contribution in [0.25, 0.3) is 22.3 Å².